The van der Waals surface area contributed by atoms with E-state index in [1.165, 1.54) is 24.3 Å². The Balaban J connectivity index is 1.48. The first-order valence-corrected chi connectivity index (χ1v) is 9.44. The third kappa shape index (κ3) is 6.83. The number of hydrogen-bond donors (Lipinski definition) is 1. The van der Waals surface area contributed by atoms with Gasteiger partial charge in [0.15, 0.2) is 0 Å². The van der Waals surface area contributed by atoms with E-state index in [0.717, 1.165) is 18.4 Å². The molecule has 156 valence electrons. The summed E-state index contributed by atoms with van der Waals surface area (Å²) in [6, 6.07) is 12.2. The van der Waals surface area contributed by atoms with Crippen LogP contribution in [0.3, 0.4) is 0 Å². The number of carbonyl (C=O) groups excluding carboxylic acids is 1. The van der Waals surface area contributed by atoms with E-state index in [9.17, 15) is 18.0 Å². The molecule has 5 nitrogen and oxygen atoms in total. The number of halogens is 4. The molecule has 0 unspecified atom stereocenters. The van der Waals surface area contributed by atoms with Gasteiger partial charge in [0.05, 0.1) is 12.7 Å². The fraction of sp³-hybridized carbons (Fsp3) is 0.350. The van der Waals surface area contributed by atoms with Crippen LogP contribution in [0, 0.1) is 0 Å². The van der Waals surface area contributed by atoms with Gasteiger partial charge in [-0.1, -0.05) is 29.8 Å². The zero-order valence-corrected chi connectivity index (χ0v) is 16.2. The summed E-state index contributed by atoms with van der Waals surface area (Å²) in [7, 11) is 0. The molecule has 0 saturated carbocycles. The van der Waals surface area contributed by atoms with Crippen molar-refractivity contribution in [2.75, 3.05) is 18.4 Å². The van der Waals surface area contributed by atoms with Crippen molar-refractivity contribution in [1.82, 2.24) is 4.90 Å². The average Bonchev–Trinajstić information content (AvgIpc) is 2.66. The number of rotatable bonds is 5. The lowest BCUT2D eigenvalue weighted by atomic mass is 10.1. The summed E-state index contributed by atoms with van der Waals surface area (Å²) < 4.78 is 46.3. The summed E-state index contributed by atoms with van der Waals surface area (Å²) in [5.41, 5.74) is 1.34. The van der Waals surface area contributed by atoms with Crippen molar-refractivity contribution < 1.29 is 27.4 Å². The van der Waals surface area contributed by atoms with Crippen molar-refractivity contribution >= 4 is 23.3 Å². The number of urea groups is 1. The second-order valence-electron chi connectivity index (χ2n) is 6.65. The minimum absolute atomic E-state index is 0.153. The Labute approximate surface area is 171 Å². The van der Waals surface area contributed by atoms with Crippen LogP contribution in [0.15, 0.2) is 48.5 Å². The number of anilines is 1. The van der Waals surface area contributed by atoms with E-state index in [1.54, 1.807) is 29.2 Å². The zero-order valence-electron chi connectivity index (χ0n) is 15.4. The molecule has 1 aliphatic rings. The molecule has 3 rings (SSSR count). The molecular formula is C20H20ClF3N2O3. The molecule has 1 atom stereocenters. The van der Waals surface area contributed by atoms with Crippen LogP contribution in [-0.4, -0.2) is 36.5 Å². The SMILES string of the molecule is O=C(Nc1cccc(Cl)c1)N1CCC[C@@H](OCc2ccc(OC(F)(F)F)cc2)C1. The maximum atomic E-state index is 12.5. The Morgan fingerprint density at radius 2 is 1.97 bits per heavy atom. The number of amides is 2. The van der Waals surface area contributed by atoms with E-state index >= 15 is 0 Å². The molecule has 1 N–H and O–H groups in total. The highest BCUT2D eigenvalue weighted by molar-refractivity contribution is 6.30. The van der Waals surface area contributed by atoms with E-state index < -0.39 is 6.36 Å². The van der Waals surface area contributed by atoms with Crippen molar-refractivity contribution in [3.63, 3.8) is 0 Å². The summed E-state index contributed by atoms with van der Waals surface area (Å²) >= 11 is 5.93. The monoisotopic (exact) mass is 428 g/mol. The highest BCUT2D eigenvalue weighted by Crippen LogP contribution is 2.23. The van der Waals surface area contributed by atoms with Gasteiger partial charge in [0.25, 0.3) is 0 Å². The fourth-order valence-corrected chi connectivity index (χ4v) is 3.22. The summed E-state index contributed by atoms with van der Waals surface area (Å²) in [6.07, 6.45) is -3.27. The van der Waals surface area contributed by atoms with Crippen LogP contribution in [-0.2, 0) is 11.3 Å². The Bertz CT molecular complexity index is 830. The van der Waals surface area contributed by atoms with Gasteiger partial charge in [-0.15, -0.1) is 13.2 Å². The maximum absolute atomic E-state index is 12.5. The smallest absolute Gasteiger partial charge is 0.406 e. The first-order chi connectivity index (χ1) is 13.8. The molecule has 0 aliphatic carbocycles. The molecule has 0 radical (unpaired) electrons. The molecule has 9 heteroatoms. The highest BCUT2D eigenvalue weighted by Gasteiger charge is 2.31. The van der Waals surface area contributed by atoms with Crippen LogP contribution in [0.2, 0.25) is 5.02 Å². The number of nitrogens with one attached hydrogen (secondary N) is 1. The lowest BCUT2D eigenvalue weighted by Crippen LogP contribution is -2.45. The van der Waals surface area contributed by atoms with Gasteiger partial charge < -0.3 is 19.7 Å². The summed E-state index contributed by atoms with van der Waals surface area (Å²) in [4.78, 5) is 14.1. The molecule has 1 fully saturated rings. The summed E-state index contributed by atoms with van der Waals surface area (Å²) in [6.45, 7) is 1.29. The van der Waals surface area contributed by atoms with Crippen LogP contribution in [0.1, 0.15) is 18.4 Å². The van der Waals surface area contributed by atoms with Crippen LogP contribution in [0.5, 0.6) is 5.75 Å². The number of ether oxygens (including phenoxy) is 2. The molecule has 2 amide bonds. The zero-order chi connectivity index (χ0) is 20.9. The second-order valence-corrected chi connectivity index (χ2v) is 7.09. The Hall–Kier alpha value is -2.45. The normalized spacial score (nSPS) is 17.1. The molecule has 1 heterocycles. The molecule has 1 saturated heterocycles. The second kappa shape index (κ2) is 9.37. The maximum Gasteiger partial charge on any atom is 0.573 e. The third-order valence-corrected chi connectivity index (χ3v) is 4.62. The number of nitrogens with zero attached hydrogens (tertiary/aromatic N) is 1. The molecular weight excluding hydrogens is 409 g/mol. The molecule has 0 bridgehead atoms. The van der Waals surface area contributed by atoms with Crippen LogP contribution < -0.4 is 10.1 Å². The predicted octanol–water partition coefficient (Wildman–Crippen LogP) is 5.45. The third-order valence-electron chi connectivity index (χ3n) is 4.38. The largest absolute Gasteiger partial charge is 0.573 e. The molecule has 1 aliphatic heterocycles. The lowest BCUT2D eigenvalue weighted by Gasteiger charge is -2.32. The van der Waals surface area contributed by atoms with Crippen molar-refractivity contribution in [2.45, 2.75) is 31.9 Å². The molecule has 0 spiro atoms. The molecule has 0 aromatic heterocycles. The standard InChI is InChI=1S/C20H20ClF3N2O3/c21-15-3-1-4-16(11-15)25-19(27)26-10-2-5-18(12-26)28-13-14-6-8-17(9-7-14)29-20(22,23)24/h1,3-4,6-9,11,18H,2,5,10,12-13H2,(H,25,27)/t18-/m1/s1. The van der Waals surface area contributed by atoms with Crippen molar-refractivity contribution in [1.29, 1.82) is 0 Å². The van der Waals surface area contributed by atoms with Crippen LogP contribution in [0.4, 0.5) is 23.7 Å². The number of likely N-dealkylation sites (tertiary alicyclic amines) is 1. The van der Waals surface area contributed by atoms with Crippen LogP contribution >= 0.6 is 11.6 Å². The number of carbonyl (C=O) groups is 1. The number of alkyl halides is 3. The summed E-state index contributed by atoms with van der Waals surface area (Å²) in [5.74, 6) is -0.275. The molecule has 2 aromatic carbocycles. The average molecular weight is 429 g/mol. The van der Waals surface area contributed by atoms with Gasteiger partial charge in [-0.2, -0.15) is 0 Å². The van der Waals surface area contributed by atoms with E-state index in [0.29, 0.717) is 23.8 Å². The lowest BCUT2D eigenvalue weighted by molar-refractivity contribution is -0.274. The van der Waals surface area contributed by atoms with Crippen LogP contribution in [0.25, 0.3) is 0 Å². The van der Waals surface area contributed by atoms with Gasteiger partial charge >= 0.3 is 12.4 Å². The molecule has 29 heavy (non-hydrogen) atoms. The minimum atomic E-state index is -4.71. The fourth-order valence-electron chi connectivity index (χ4n) is 3.03. The Morgan fingerprint density at radius 3 is 2.66 bits per heavy atom. The van der Waals surface area contributed by atoms with Crippen molar-refractivity contribution in [2.24, 2.45) is 0 Å². The minimum Gasteiger partial charge on any atom is -0.406 e. The first kappa shape index (κ1) is 21.3. The van der Waals surface area contributed by atoms with Crippen molar-refractivity contribution in [3.05, 3.63) is 59.1 Å². The van der Waals surface area contributed by atoms with E-state index in [4.69, 9.17) is 16.3 Å². The number of benzene rings is 2. The predicted molar refractivity (Wildman–Crippen MR) is 103 cm³/mol. The van der Waals surface area contributed by atoms with E-state index in [-0.39, 0.29) is 24.5 Å². The van der Waals surface area contributed by atoms with Gasteiger partial charge in [-0.05, 0) is 48.7 Å². The summed E-state index contributed by atoms with van der Waals surface area (Å²) in [5, 5.41) is 3.35. The van der Waals surface area contributed by atoms with E-state index in [2.05, 4.69) is 10.1 Å². The van der Waals surface area contributed by atoms with Gasteiger partial charge in [0, 0.05) is 23.8 Å². The first-order valence-electron chi connectivity index (χ1n) is 9.06. The van der Waals surface area contributed by atoms with Gasteiger partial charge in [0.1, 0.15) is 5.75 Å². The van der Waals surface area contributed by atoms with Gasteiger partial charge in [-0.25, -0.2) is 4.79 Å². The Kier molecular flexibility index (Phi) is 6.87. The number of piperidine rings is 1. The van der Waals surface area contributed by atoms with Gasteiger partial charge in [-0.3, -0.25) is 0 Å². The topological polar surface area (TPSA) is 50.8 Å². The Morgan fingerprint density at radius 1 is 1.21 bits per heavy atom. The van der Waals surface area contributed by atoms with E-state index in [1.807, 2.05) is 0 Å². The highest BCUT2D eigenvalue weighted by atomic mass is 35.5. The quantitative estimate of drug-likeness (QED) is 0.688. The molecule has 2 aromatic rings. The van der Waals surface area contributed by atoms with Crippen molar-refractivity contribution in [3.8, 4) is 5.75 Å². The van der Waals surface area contributed by atoms with Gasteiger partial charge in [0.2, 0.25) is 0 Å². The number of hydrogen-bond acceptors (Lipinski definition) is 3.